The van der Waals surface area contributed by atoms with Crippen LogP contribution in [0.15, 0.2) is 48.7 Å². The number of aromatic amines is 1. The standard InChI is InChI=1S/C21H22N2O3/c1-14(2)11-23(12-15-7-8-19-20(9-15)26-13-25-19)21(24)17-10-22-18-6-4-3-5-16(17)18/h3-10,14,22H,11-13H2,1-2H3. The number of carbonyl (C=O) groups is 1. The molecule has 5 nitrogen and oxygen atoms in total. The van der Waals surface area contributed by atoms with Crippen LogP contribution in [-0.4, -0.2) is 29.1 Å². The third-order valence-corrected chi connectivity index (χ3v) is 4.50. The molecular weight excluding hydrogens is 328 g/mol. The molecule has 0 radical (unpaired) electrons. The van der Waals surface area contributed by atoms with Crippen molar-refractivity contribution < 1.29 is 14.3 Å². The smallest absolute Gasteiger partial charge is 0.256 e. The second-order valence-corrected chi connectivity index (χ2v) is 7.02. The molecule has 134 valence electrons. The van der Waals surface area contributed by atoms with E-state index >= 15 is 0 Å². The second kappa shape index (κ2) is 6.75. The number of aromatic nitrogens is 1. The molecule has 0 bridgehead atoms. The Balaban J connectivity index is 1.63. The van der Waals surface area contributed by atoms with Gasteiger partial charge in [-0.3, -0.25) is 4.79 Å². The van der Waals surface area contributed by atoms with Gasteiger partial charge < -0.3 is 19.4 Å². The van der Waals surface area contributed by atoms with Crippen molar-refractivity contribution in [3.63, 3.8) is 0 Å². The summed E-state index contributed by atoms with van der Waals surface area (Å²) in [6.07, 6.45) is 1.81. The molecule has 0 fully saturated rings. The average Bonchev–Trinajstić information content (AvgIpc) is 3.26. The summed E-state index contributed by atoms with van der Waals surface area (Å²) in [6.45, 7) is 5.72. The molecule has 0 spiro atoms. The monoisotopic (exact) mass is 350 g/mol. The van der Waals surface area contributed by atoms with Gasteiger partial charge in [0.25, 0.3) is 5.91 Å². The zero-order chi connectivity index (χ0) is 18.1. The molecule has 26 heavy (non-hydrogen) atoms. The van der Waals surface area contributed by atoms with E-state index in [0.717, 1.165) is 28.0 Å². The summed E-state index contributed by atoms with van der Waals surface area (Å²) in [5.41, 5.74) is 2.72. The molecule has 1 aromatic heterocycles. The third-order valence-electron chi connectivity index (χ3n) is 4.50. The average molecular weight is 350 g/mol. The first-order valence-corrected chi connectivity index (χ1v) is 8.86. The number of hydrogen-bond acceptors (Lipinski definition) is 3. The molecule has 0 unspecified atom stereocenters. The van der Waals surface area contributed by atoms with Crippen LogP contribution in [0.2, 0.25) is 0 Å². The molecular formula is C21H22N2O3. The Morgan fingerprint density at radius 1 is 1.15 bits per heavy atom. The van der Waals surface area contributed by atoms with Crippen LogP contribution in [0.25, 0.3) is 10.9 Å². The zero-order valence-corrected chi connectivity index (χ0v) is 15.0. The minimum atomic E-state index is 0.0359. The lowest BCUT2D eigenvalue weighted by atomic mass is 10.1. The Kier molecular flexibility index (Phi) is 4.29. The Hall–Kier alpha value is -2.95. The number of H-pyrrole nitrogens is 1. The lowest BCUT2D eigenvalue weighted by Crippen LogP contribution is -2.33. The maximum Gasteiger partial charge on any atom is 0.256 e. The SMILES string of the molecule is CC(C)CN(Cc1ccc2c(c1)OCO2)C(=O)c1c[nH]c2ccccc12. The van der Waals surface area contributed by atoms with E-state index in [1.54, 1.807) is 6.20 Å². The van der Waals surface area contributed by atoms with Gasteiger partial charge in [0.15, 0.2) is 11.5 Å². The fourth-order valence-electron chi connectivity index (χ4n) is 3.34. The molecule has 1 aliphatic heterocycles. The molecule has 4 rings (SSSR count). The second-order valence-electron chi connectivity index (χ2n) is 7.02. The number of carbonyl (C=O) groups excluding carboxylic acids is 1. The van der Waals surface area contributed by atoms with E-state index in [0.29, 0.717) is 24.6 Å². The number of fused-ring (bicyclic) bond motifs is 2. The van der Waals surface area contributed by atoms with Crippen LogP contribution < -0.4 is 9.47 Å². The van der Waals surface area contributed by atoms with Crippen LogP contribution >= 0.6 is 0 Å². The number of rotatable bonds is 5. The predicted octanol–water partition coefficient (Wildman–Crippen LogP) is 4.20. The van der Waals surface area contributed by atoms with Crippen LogP contribution in [0.5, 0.6) is 11.5 Å². The van der Waals surface area contributed by atoms with Gasteiger partial charge >= 0.3 is 0 Å². The first-order chi connectivity index (χ1) is 12.6. The van der Waals surface area contributed by atoms with Crippen molar-refractivity contribution >= 4 is 16.8 Å². The van der Waals surface area contributed by atoms with Crippen molar-refractivity contribution in [1.29, 1.82) is 0 Å². The van der Waals surface area contributed by atoms with Crippen LogP contribution in [-0.2, 0) is 6.54 Å². The summed E-state index contributed by atoms with van der Waals surface area (Å²) in [5.74, 6) is 1.91. The molecule has 2 heterocycles. The van der Waals surface area contributed by atoms with Crippen molar-refractivity contribution in [1.82, 2.24) is 9.88 Å². The normalized spacial score (nSPS) is 12.7. The van der Waals surface area contributed by atoms with Gasteiger partial charge in [0.1, 0.15) is 0 Å². The highest BCUT2D eigenvalue weighted by atomic mass is 16.7. The lowest BCUT2D eigenvalue weighted by molar-refractivity contribution is 0.0724. The first-order valence-electron chi connectivity index (χ1n) is 8.86. The van der Waals surface area contributed by atoms with E-state index in [1.807, 2.05) is 47.4 Å². The Morgan fingerprint density at radius 3 is 2.81 bits per heavy atom. The number of ether oxygens (including phenoxy) is 2. The first kappa shape index (κ1) is 16.5. The molecule has 0 aliphatic carbocycles. The highest BCUT2D eigenvalue weighted by Crippen LogP contribution is 2.33. The van der Waals surface area contributed by atoms with Crippen LogP contribution in [0.3, 0.4) is 0 Å². The van der Waals surface area contributed by atoms with Gasteiger partial charge in [0.05, 0.1) is 5.56 Å². The van der Waals surface area contributed by atoms with Crippen molar-refractivity contribution in [2.24, 2.45) is 5.92 Å². The summed E-state index contributed by atoms with van der Waals surface area (Å²) in [4.78, 5) is 18.3. The van der Waals surface area contributed by atoms with Crippen molar-refractivity contribution in [3.8, 4) is 11.5 Å². The summed E-state index contributed by atoms with van der Waals surface area (Å²) in [5, 5.41) is 0.956. The van der Waals surface area contributed by atoms with E-state index < -0.39 is 0 Å². The van der Waals surface area contributed by atoms with E-state index in [2.05, 4.69) is 18.8 Å². The van der Waals surface area contributed by atoms with Gasteiger partial charge in [-0.25, -0.2) is 0 Å². The molecule has 0 atom stereocenters. The number of amides is 1. The highest BCUT2D eigenvalue weighted by Gasteiger charge is 2.21. The van der Waals surface area contributed by atoms with Gasteiger partial charge in [-0.1, -0.05) is 38.1 Å². The van der Waals surface area contributed by atoms with Gasteiger partial charge in [-0.2, -0.15) is 0 Å². The van der Waals surface area contributed by atoms with E-state index in [-0.39, 0.29) is 12.7 Å². The van der Waals surface area contributed by atoms with Crippen molar-refractivity contribution in [3.05, 3.63) is 59.8 Å². The number of nitrogens with one attached hydrogen (secondary N) is 1. The van der Waals surface area contributed by atoms with Gasteiger partial charge in [-0.05, 0) is 29.7 Å². The minimum absolute atomic E-state index is 0.0359. The predicted molar refractivity (Wildman–Crippen MR) is 100 cm³/mol. The molecule has 5 heteroatoms. The van der Waals surface area contributed by atoms with Crippen molar-refractivity contribution in [2.45, 2.75) is 20.4 Å². The fraction of sp³-hybridized carbons (Fsp3) is 0.286. The Bertz CT molecular complexity index is 945. The summed E-state index contributed by atoms with van der Waals surface area (Å²) >= 11 is 0. The molecule has 1 aliphatic rings. The van der Waals surface area contributed by atoms with Crippen LogP contribution in [0.1, 0.15) is 29.8 Å². The minimum Gasteiger partial charge on any atom is -0.454 e. The highest BCUT2D eigenvalue weighted by molar-refractivity contribution is 6.06. The largest absolute Gasteiger partial charge is 0.454 e. The maximum atomic E-state index is 13.2. The zero-order valence-electron chi connectivity index (χ0n) is 15.0. The van der Waals surface area contributed by atoms with Crippen LogP contribution in [0, 0.1) is 5.92 Å². The lowest BCUT2D eigenvalue weighted by Gasteiger charge is -2.25. The Labute approximate surface area is 152 Å². The van der Waals surface area contributed by atoms with Crippen molar-refractivity contribution in [2.75, 3.05) is 13.3 Å². The number of nitrogens with zero attached hydrogens (tertiary/aromatic N) is 1. The topological polar surface area (TPSA) is 54.6 Å². The molecule has 2 aromatic carbocycles. The van der Waals surface area contributed by atoms with Gasteiger partial charge in [0.2, 0.25) is 6.79 Å². The molecule has 1 N–H and O–H groups in total. The summed E-state index contributed by atoms with van der Waals surface area (Å²) in [7, 11) is 0. The molecule has 1 amide bonds. The van der Waals surface area contributed by atoms with E-state index in [9.17, 15) is 4.79 Å². The number of para-hydroxylation sites is 1. The van der Waals surface area contributed by atoms with Gasteiger partial charge in [-0.15, -0.1) is 0 Å². The number of hydrogen-bond donors (Lipinski definition) is 1. The van der Waals surface area contributed by atoms with Crippen LogP contribution in [0.4, 0.5) is 0 Å². The van der Waals surface area contributed by atoms with E-state index in [1.165, 1.54) is 0 Å². The molecule has 0 saturated heterocycles. The quantitative estimate of drug-likeness (QED) is 0.750. The number of benzene rings is 2. The van der Waals surface area contributed by atoms with E-state index in [4.69, 9.17) is 9.47 Å². The maximum absolute atomic E-state index is 13.2. The summed E-state index contributed by atoms with van der Waals surface area (Å²) in [6, 6.07) is 13.7. The summed E-state index contributed by atoms with van der Waals surface area (Å²) < 4.78 is 10.8. The molecule has 3 aromatic rings. The van der Waals surface area contributed by atoms with Gasteiger partial charge in [0, 0.05) is 30.2 Å². The third kappa shape index (κ3) is 3.12. The molecule has 0 saturated carbocycles. The fourth-order valence-corrected chi connectivity index (χ4v) is 3.34. The Morgan fingerprint density at radius 2 is 1.96 bits per heavy atom.